The minimum absolute atomic E-state index is 0.202. The highest BCUT2D eigenvalue weighted by Gasteiger charge is 2.31. The first-order chi connectivity index (χ1) is 7.08. The highest BCUT2D eigenvalue weighted by Crippen LogP contribution is 2.32. The summed E-state index contributed by atoms with van der Waals surface area (Å²) in [6.07, 6.45) is -4.66. The highest BCUT2D eigenvalue weighted by atomic mass is 79.9. The molecule has 0 aliphatic carbocycles. The van der Waals surface area contributed by atoms with Crippen LogP contribution in [0.25, 0.3) is 0 Å². The summed E-state index contributed by atoms with van der Waals surface area (Å²) >= 11 is 3.17. The second-order valence-corrected chi connectivity index (χ2v) is 5.39. The number of halogens is 4. The van der Waals surface area contributed by atoms with Gasteiger partial charge >= 0.3 is 6.36 Å². The lowest BCUT2D eigenvalue weighted by atomic mass is 9.87. The largest absolute Gasteiger partial charge is 0.573 e. The highest BCUT2D eigenvalue weighted by molar-refractivity contribution is 9.10. The van der Waals surface area contributed by atoms with Gasteiger partial charge in [0, 0.05) is 4.47 Å². The molecular formula is C11H12BrF3O. The molecule has 0 saturated carbocycles. The summed E-state index contributed by atoms with van der Waals surface area (Å²) < 4.78 is 40.6. The van der Waals surface area contributed by atoms with Crippen LogP contribution in [0.2, 0.25) is 0 Å². The Morgan fingerprint density at radius 3 is 2.06 bits per heavy atom. The average molecular weight is 297 g/mol. The first-order valence-electron chi connectivity index (χ1n) is 4.65. The van der Waals surface area contributed by atoms with Gasteiger partial charge in [-0.1, -0.05) is 36.7 Å². The van der Waals surface area contributed by atoms with Gasteiger partial charge in [0.05, 0.1) is 0 Å². The molecule has 0 N–H and O–H groups in total. The standard InChI is InChI=1S/C11H12BrF3O/c1-10(2,3)7-4-8(12)6-9(5-7)16-11(13,14)15/h4-6H,1-3H3. The van der Waals surface area contributed by atoms with Crippen LogP contribution in [-0.2, 0) is 5.41 Å². The Labute approximate surface area is 101 Å². The number of hydrogen-bond acceptors (Lipinski definition) is 1. The summed E-state index contributed by atoms with van der Waals surface area (Å²) in [4.78, 5) is 0. The Balaban J connectivity index is 3.09. The smallest absolute Gasteiger partial charge is 0.406 e. The van der Waals surface area contributed by atoms with Crippen LogP contribution in [0.5, 0.6) is 5.75 Å². The van der Waals surface area contributed by atoms with E-state index in [1.807, 2.05) is 20.8 Å². The number of rotatable bonds is 1. The third-order valence-electron chi connectivity index (χ3n) is 1.97. The minimum Gasteiger partial charge on any atom is -0.406 e. The van der Waals surface area contributed by atoms with Gasteiger partial charge in [0.25, 0.3) is 0 Å². The first kappa shape index (κ1) is 13.4. The quantitative estimate of drug-likeness (QED) is 0.733. The Hall–Kier alpha value is -0.710. The van der Waals surface area contributed by atoms with Crippen molar-refractivity contribution < 1.29 is 17.9 Å². The predicted molar refractivity (Wildman–Crippen MR) is 59.5 cm³/mol. The molecule has 0 aliphatic heterocycles. The fraction of sp³-hybridized carbons (Fsp3) is 0.455. The van der Waals surface area contributed by atoms with Gasteiger partial charge in [-0.05, 0) is 29.2 Å². The van der Waals surface area contributed by atoms with E-state index in [1.54, 1.807) is 6.07 Å². The fourth-order valence-corrected chi connectivity index (χ4v) is 1.66. The zero-order valence-corrected chi connectivity index (χ0v) is 10.7. The maximum Gasteiger partial charge on any atom is 0.573 e. The SMILES string of the molecule is CC(C)(C)c1cc(Br)cc(OC(F)(F)F)c1. The van der Waals surface area contributed by atoms with E-state index in [1.165, 1.54) is 12.1 Å². The monoisotopic (exact) mass is 296 g/mol. The van der Waals surface area contributed by atoms with E-state index in [9.17, 15) is 13.2 Å². The molecule has 1 nitrogen and oxygen atoms in total. The number of ether oxygens (including phenoxy) is 1. The molecular weight excluding hydrogens is 285 g/mol. The van der Waals surface area contributed by atoms with Gasteiger partial charge in [0.2, 0.25) is 0 Å². The van der Waals surface area contributed by atoms with E-state index < -0.39 is 6.36 Å². The lowest BCUT2D eigenvalue weighted by Gasteiger charge is -2.20. The third-order valence-corrected chi connectivity index (χ3v) is 2.43. The molecule has 1 rings (SSSR count). The van der Waals surface area contributed by atoms with Gasteiger partial charge in [0.15, 0.2) is 0 Å². The molecule has 0 aromatic heterocycles. The van der Waals surface area contributed by atoms with Crippen molar-refractivity contribution in [1.82, 2.24) is 0 Å². The first-order valence-corrected chi connectivity index (χ1v) is 5.44. The second kappa shape index (κ2) is 4.28. The zero-order valence-electron chi connectivity index (χ0n) is 9.15. The Bertz CT molecular complexity index is 380. The van der Waals surface area contributed by atoms with Gasteiger partial charge < -0.3 is 4.74 Å². The molecule has 1 aromatic rings. The van der Waals surface area contributed by atoms with Crippen molar-refractivity contribution in [2.75, 3.05) is 0 Å². The van der Waals surface area contributed by atoms with Crippen molar-refractivity contribution in [2.45, 2.75) is 32.5 Å². The fourth-order valence-electron chi connectivity index (χ4n) is 1.19. The number of hydrogen-bond donors (Lipinski definition) is 0. The molecule has 16 heavy (non-hydrogen) atoms. The molecule has 0 radical (unpaired) electrons. The summed E-state index contributed by atoms with van der Waals surface area (Å²) in [5.41, 5.74) is 0.550. The second-order valence-electron chi connectivity index (χ2n) is 4.47. The predicted octanol–water partition coefficient (Wildman–Crippen LogP) is 4.65. The van der Waals surface area contributed by atoms with Crippen molar-refractivity contribution in [1.29, 1.82) is 0 Å². The lowest BCUT2D eigenvalue weighted by molar-refractivity contribution is -0.274. The van der Waals surface area contributed by atoms with Crippen molar-refractivity contribution in [3.05, 3.63) is 28.2 Å². The van der Waals surface area contributed by atoms with Gasteiger partial charge in [-0.3, -0.25) is 0 Å². The van der Waals surface area contributed by atoms with E-state index in [2.05, 4.69) is 20.7 Å². The summed E-state index contributed by atoms with van der Waals surface area (Å²) in [5.74, 6) is -0.202. The zero-order chi connectivity index (χ0) is 12.6. The maximum absolute atomic E-state index is 12.1. The van der Waals surface area contributed by atoms with Crippen molar-refractivity contribution in [3.63, 3.8) is 0 Å². The van der Waals surface area contributed by atoms with Crippen LogP contribution >= 0.6 is 15.9 Å². The van der Waals surface area contributed by atoms with Crippen molar-refractivity contribution >= 4 is 15.9 Å². The molecule has 0 aliphatic rings. The molecule has 1 aromatic carbocycles. The molecule has 90 valence electrons. The molecule has 0 unspecified atom stereocenters. The van der Waals surface area contributed by atoms with Crippen LogP contribution in [0.15, 0.2) is 22.7 Å². The molecule has 5 heteroatoms. The molecule has 0 saturated heterocycles. The number of benzene rings is 1. The molecule has 0 bridgehead atoms. The van der Waals surface area contributed by atoms with E-state index in [0.29, 0.717) is 4.47 Å². The van der Waals surface area contributed by atoms with Gasteiger partial charge in [-0.2, -0.15) is 0 Å². The topological polar surface area (TPSA) is 9.23 Å². The Morgan fingerprint density at radius 1 is 1.06 bits per heavy atom. The Kier molecular flexibility index (Phi) is 3.57. The minimum atomic E-state index is -4.66. The van der Waals surface area contributed by atoms with Gasteiger partial charge in [0.1, 0.15) is 5.75 Å². The number of alkyl halides is 3. The van der Waals surface area contributed by atoms with Gasteiger partial charge in [-0.15, -0.1) is 13.2 Å². The summed E-state index contributed by atoms with van der Waals surface area (Å²) in [7, 11) is 0. The summed E-state index contributed by atoms with van der Waals surface area (Å²) in [5, 5.41) is 0. The summed E-state index contributed by atoms with van der Waals surface area (Å²) in [6, 6.07) is 4.48. The van der Waals surface area contributed by atoms with Crippen LogP contribution in [0, 0.1) is 0 Å². The molecule has 0 amide bonds. The van der Waals surface area contributed by atoms with Crippen LogP contribution in [0.3, 0.4) is 0 Å². The van der Waals surface area contributed by atoms with Crippen LogP contribution in [0.1, 0.15) is 26.3 Å². The van der Waals surface area contributed by atoms with E-state index >= 15 is 0 Å². The van der Waals surface area contributed by atoms with Crippen LogP contribution < -0.4 is 4.74 Å². The maximum atomic E-state index is 12.1. The molecule has 0 fully saturated rings. The molecule has 0 heterocycles. The third kappa shape index (κ3) is 4.04. The van der Waals surface area contributed by atoms with Crippen LogP contribution in [-0.4, -0.2) is 6.36 Å². The lowest BCUT2D eigenvalue weighted by Crippen LogP contribution is -2.18. The van der Waals surface area contributed by atoms with Crippen LogP contribution in [0.4, 0.5) is 13.2 Å². The molecule has 0 atom stereocenters. The molecule has 0 spiro atoms. The van der Waals surface area contributed by atoms with E-state index in [-0.39, 0.29) is 11.2 Å². The Morgan fingerprint density at radius 2 is 1.62 bits per heavy atom. The summed E-state index contributed by atoms with van der Waals surface area (Å²) in [6.45, 7) is 5.77. The van der Waals surface area contributed by atoms with Crippen molar-refractivity contribution in [2.24, 2.45) is 0 Å². The normalized spacial score (nSPS) is 12.7. The van der Waals surface area contributed by atoms with Crippen molar-refractivity contribution in [3.8, 4) is 5.75 Å². The van der Waals surface area contributed by atoms with E-state index in [0.717, 1.165) is 5.56 Å². The van der Waals surface area contributed by atoms with E-state index in [4.69, 9.17) is 0 Å². The average Bonchev–Trinajstić information content (AvgIpc) is 1.97. The van der Waals surface area contributed by atoms with Gasteiger partial charge in [-0.25, -0.2) is 0 Å².